The molecule has 0 fully saturated rings. The minimum Gasteiger partial charge on any atom is -0.497 e. The fraction of sp³-hybridized carbons (Fsp3) is 0.0385. The van der Waals surface area contributed by atoms with E-state index in [1.165, 1.54) is 0 Å². The van der Waals surface area contributed by atoms with Gasteiger partial charge in [0, 0.05) is 29.0 Å². The second kappa shape index (κ2) is 7.48. The van der Waals surface area contributed by atoms with Gasteiger partial charge in [0.05, 0.1) is 12.8 Å². The number of halogens is 1. The van der Waals surface area contributed by atoms with E-state index >= 15 is 0 Å². The number of nitrogens with zero attached hydrogens (tertiary/aromatic N) is 1. The summed E-state index contributed by atoms with van der Waals surface area (Å²) in [5.41, 5.74) is 6.36. The van der Waals surface area contributed by atoms with Crippen molar-refractivity contribution >= 4 is 10.9 Å². The van der Waals surface area contributed by atoms with Crippen LogP contribution < -0.4 is 4.74 Å². The summed E-state index contributed by atoms with van der Waals surface area (Å²) >= 11 is 0. The van der Waals surface area contributed by atoms with Crippen molar-refractivity contribution in [1.82, 2.24) is 9.97 Å². The van der Waals surface area contributed by atoms with Crippen LogP contribution in [-0.4, -0.2) is 17.1 Å². The molecule has 30 heavy (non-hydrogen) atoms. The predicted octanol–water partition coefficient (Wildman–Crippen LogP) is 6.71. The van der Waals surface area contributed by atoms with Crippen LogP contribution in [0.3, 0.4) is 0 Å². The molecule has 146 valence electrons. The summed E-state index contributed by atoms with van der Waals surface area (Å²) in [5, 5.41) is 1.13. The van der Waals surface area contributed by atoms with Gasteiger partial charge in [-0.2, -0.15) is 0 Å². The van der Waals surface area contributed by atoms with Crippen molar-refractivity contribution in [2.24, 2.45) is 0 Å². The molecule has 2 aromatic heterocycles. The van der Waals surface area contributed by atoms with Gasteiger partial charge in [0.1, 0.15) is 11.6 Å². The Labute approximate surface area is 173 Å². The van der Waals surface area contributed by atoms with E-state index in [0.29, 0.717) is 0 Å². The number of hydrogen-bond acceptors (Lipinski definition) is 2. The van der Waals surface area contributed by atoms with Crippen molar-refractivity contribution in [2.75, 3.05) is 7.11 Å². The lowest BCUT2D eigenvalue weighted by Crippen LogP contribution is -1.88. The number of methoxy groups -OCH3 is 1. The van der Waals surface area contributed by atoms with Gasteiger partial charge in [-0.05, 0) is 82.7 Å². The second-order valence-corrected chi connectivity index (χ2v) is 7.17. The molecule has 5 aromatic rings. The van der Waals surface area contributed by atoms with E-state index in [1.54, 1.807) is 25.4 Å². The molecule has 0 amide bonds. The average Bonchev–Trinajstić information content (AvgIpc) is 3.27. The van der Waals surface area contributed by atoms with Crippen LogP contribution in [0, 0.1) is 5.82 Å². The maximum atomic E-state index is 14.4. The normalized spacial score (nSPS) is 11.0. The first-order valence-corrected chi connectivity index (χ1v) is 9.68. The number of fused-ring (bicyclic) bond motifs is 1. The van der Waals surface area contributed by atoms with Gasteiger partial charge in [-0.3, -0.25) is 4.98 Å². The zero-order chi connectivity index (χ0) is 20.5. The quantitative estimate of drug-likeness (QED) is 0.368. The van der Waals surface area contributed by atoms with Crippen molar-refractivity contribution in [3.05, 3.63) is 97.1 Å². The topological polar surface area (TPSA) is 37.9 Å². The van der Waals surface area contributed by atoms with Gasteiger partial charge >= 0.3 is 0 Å². The highest BCUT2D eigenvalue weighted by atomic mass is 19.1. The molecule has 0 aliphatic rings. The molecule has 1 N–H and O–H groups in total. The Morgan fingerprint density at radius 1 is 0.733 bits per heavy atom. The summed E-state index contributed by atoms with van der Waals surface area (Å²) in [5.74, 6) is 0.536. The molecule has 0 atom stereocenters. The van der Waals surface area contributed by atoms with E-state index in [-0.39, 0.29) is 5.82 Å². The molecule has 4 heteroatoms. The Morgan fingerprint density at radius 3 is 2.20 bits per heavy atom. The summed E-state index contributed by atoms with van der Waals surface area (Å²) in [6.45, 7) is 0. The third-order valence-electron chi connectivity index (χ3n) is 5.27. The first-order valence-electron chi connectivity index (χ1n) is 9.68. The number of pyridine rings is 1. The lowest BCUT2D eigenvalue weighted by molar-refractivity contribution is 0.415. The number of H-pyrrole nitrogens is 1. The van der Waals surface area contributed by atoms with E-state index in [2.05, 4.69) is 9.97 Å². The van der Waals surface area contributed by atoms with Crippen molar-refractivity contribution in [3.8, 4) is 39.3 Å². The first-order chi connectivity index (χ1) is 14.7. The Hall–Kier alpha value is -3.92. The van der Waals surface area contributed by atoms with Crippen LogP contribution in [0.2, 0.25) is 0 Å². The number of hydrogen-bond donors (Lipinski definition) is 1. The number of nitrogens with one attached hydrogen (secondary N) is 1. The van der Waals surface area contributed by atoms with Crippen molar-refractivity contribution in [1.29, 1.82) is 0 Å². The zero-order valence-electron chi connectivity index (χ0n) is 16.4. The fourth-order valence-electron chi connectivity index (χ4n) is 3.65. The third-order valence-corrected chi connectivity index (χ3v) is 5.27. The van der Waals surface area contributed by atoms with E-state index in [0.717, 1.165) is 50.2 Å². The highest BCUT2D eigenvalue weighted by Gasteiger charge is 2.08. The molecule has 0 spiro atoms. The van der Waals surface area contributed by atoms with Crippen LogP contribution in [-0.2, 0) is 0 Å². The Kier molecular flexibility index (Phi) is 4.52. The van der Waals surface area contributed by atoms with Gasteiger partial charge in [-0.15, -0.1) is 0 Å². The smallest absolute Gasteiger partial charge is 0.124 e. The monoisotopic (exact) mass is 394 g/mol. The standard InChI is InChI=1S/C26H19FN2O/c1-30-24-7-4-17(5-8-24)25-9-6-20(16-29-25)22-12-21(13-23(27)14-22)19-3-2-18-10-11-28-26(18)15-19/h2-16,28H,1H3. The van der Waals surface area contributed by atoms with Gasteiger partial charge in [-0.25, -0.2) is 4.39 Å². The minimum atomic E-state index is -0.270. The molecule has 5 rings (SSSR count). The lowest BCUT2D eigenvalue weighted by atomic mass is 9.98. The van der Waals surface area contributed by atoms with Gasteiger partial charge in [0.25, 0.3) is 0 Å². The van der Waals surface area contributed by atoms with Crippen LogP contribution in [0.15, 0.2) is 91.3 Å². The molecule has 0 unspecified atom stereocenters. The molecule has 0 radical (unpaired) electrons. The molecule has 2 heterocycles. The molecular weight excluding hydrogens is 375 g/mol. The molecular formula is C26H19FN2O. The van der Waals surface area contributed by atoms with Crippen molar-refractivity contribution in [3.63, 3.8) is 0 Å². The molecule has 0 saturated carbocycles. The minimum absolute atomic E-state index is 0.270. The Morgan fingerprint density at radius 2 is 1.47 bits per heavy atom. The van der Waals surface area contributed by atoms with E-state index < -0.39 is 0 Å². The summed E-state index contributed by atoms with van der Waals surface area (Å²) in [6.07, 6.45) is 3.69. The van der Waals surface area contributed by atoms with Gasteiger partial charge < -0.3 is 9.72 Å². The molecule has 0 saturated heterocycles. The Bertz CT molecular complexity index is 1320. The molecule has 3 aromatic carbocycles. The van der Waals surface area contributed by atoms with Crippen molar-refractivity contribution in [2.45, 2.75) is 0 Å². The van der Waals surface area contributed by atoms with Crippen LogP contribution in [0.25, 0.3) is 44.4 Å². The van der Waals surface area contributed by atoms with Crippen LogP contribution in [0.5, 0.6) is 5.75 Å². The average molecular weight is 394 g/mol. The SMILES string of the molecule is COc1ccc(-c2ccc(-c3cc(F)cc(-c4ccc5cc[nH]c5c4)c3)cn2)cc1. The number of benzene rings is 3. The summed E-state index contributed by atoms with van der Waals surface area (Å²) in [6, 6.07) is 24.9. The van der Waals surface area contributed by atoms with E-state index in [4.69, 9.17) is 4.74 Å². The number of rotatable bonds is 4. The predicted molar refractivity (Wildman–Crippen MR) is 119 cm³/mol. The maximum absolute atomic E-state index is 14.4. The highest BCUT2D eigenvalue weighted by Crippen LogP contribution is 2.30. The maximum Gasteiger partial charge on any atom is 0.124 e. The zero-order valence-corrected chi connectivity index (χ0v) is 16.4. The number of aromatic amines is 1. The Balaban J connectivity index is 1.49. The van der Waals surface area contributed by atoms with Crippen LogP contribution >= 0.6 is 0 Å². The first kappa shape index (κ1) is 18.1. The second-order valence-electron chi connectivity index (χ2n) is 7.17. The largest absolute Gasteiger partial charge is 0.497 e. The van der Waals surface area contributed by atoms with Gasteiger partial charge in [-0.1, -0.05) is 18.2 Å². The number of aromatic nitrogens is 2. The molecule has 0 aliphatic heterocycles. The van der Waals surface area contributed by atoms with Gasteiger partial charge in [0.2, 0.25) is 0 Å². The molecule has 3 nitrogen and oxygen atoms in total. The van der Waals surface area contributed by atoms with E-state index in [1.807, 2.05) is 72.9 Å². The summed E-state index contributed by atoms with van der Waals surface area (Å²) < 4.78 is 19.6. The lowest BCUT2D eigenvalue weighted by Gasteiger charge is -2.09. The van der Waals surface area contributed by atoms with Crippen molar-refractivity contribution < 1.29 is 9.13 Å². The fourth-order valence-corrected chi connectivity index (χ4v) is 3.65. The summed E-state index contributed by atoms with van der Waals surface area (Å²) in [4.78, 5) is 7.79. The van der Waals surface area contributed by atoms with E-state index in [9.17, 15) is 4.39 Å². The van der Waals surface area contributed by atoms with Gasteiger partial charge in [0.15, 0.2) is 0 Å². The number of ether oxygens (including phenoxy) is 1. The summed E-state index contributed by atoms with van der Waals surface area (Å²) in [7, 11) is 1.64. The van der Waals surface area contributed by atoms with Crippen LogP contribution in [0.4, 0.5) is 4.39 Å². The molecule has 0 aliphatic carbocycles. The van der Waals surface area contributed by atoms with Crippen LogP contribution in [0.1, 0.15) is 0 Å². The highest BCUT2D eigenvalue weighted by molar-refractivity contribution is 5.85. The molecule has 0 bridgehead atoms. The third kappa shape index (κ3) is 3.44.